The van der Waals surface area contributed by atoms with E-state index in [0.29, 0.717) is 0 Å². The fraction of sp³-hybridized carbons (Fsp3) is 0.750. The third-order valence-corrected chi connectivity index (χ3v) is 3.25. The van der Waals surface area contributed by atoms with E-state index in [1.54, 1.807) is 0 Å². The molecule has 0 saturated carbocycles. The van der Waals surface area contributed by atoms with Crippen molar-refractivity contribution in [2.75, 3.05) is 13.1 Å². The summed E-state index contributed by atoms with van der Waals surface area (Å²) in [5.74, 6) is 1.88. The molecule has 15 heavy (non-hydrogen) atoms. The van der Waals surface area contributed by atoms with Gasteiger partial charge in [-0.2, -0.15) is 0 Å². The number of piperidine rings is 1. The normalized spacial score (nSPS) is 27.2. The Kier molecular flexibility index (Phi) is 4.16. The van der Waals surface area contributed by atoms with Crippen molar-refractivity contribution in [1.82, 2.24) is 4.90 Å². The van der Waals surface area contributed by atoms with Crippen LogP contribution in [-0.2, 0) is 4.79 Å². The highest BCUT2D eigenvalue weighted by molar-refractivity contribution is 5.78. The number of carboxylic acid groups (broad SMARTS) is 1. The first-order valence-electron chi connectivity index (χ1n) is 5.53. The lowest BCUT2D eigenvalue weighted by Gasteiger charge is -2.41. The fourth-order valence-corrected chi connectivity index (χ4v) is 2.15. The minimum Gasteiger partial charge on any atom is -0.480 e. The molecule has 0 radical (unpaired) electrons. The summed E-state index contributed by atoms with van der Waals surface area (Å²) < 4.78 is 0. The van der Waals surface area contributed by atoms with Crippen LogP contribution in [0.15, 0.2) is 0 Å². The Morgan fingerprint density at radius 3 is 2.93 bits per heavy atom. The lowest BCUT2D eigenvalue weighted by molar-refractivity contribution is -0.152. The molecule has 1 saturated heterocycles. The second-order valence-electron chi connectivity index (χ2n) is 4.33. The molecule has 1 unspecified atom stereocenters. The van der Waals surface area contributed by atoms with E-state index in [1.807, 2.05) is 6.92 Å². The predicted octanol–water partition coefficient (Wildman–Crippen LogP) is 1.73. The number of hydrogen-bond donors (Lipinski definition) is 1. The zero-order valence-electron chi connectivity index (χ0n) is 9.33. The molecule has 1 fully saturated rings. The van der Waals surface area contributed by atoms with Gasteiger partial charge in [0.05, 0.1) is 0 Å². The van der Waals surface area contributed by atoms with Gasteiger partial charge in [0.1, 0.15) is 5.54 Å². The van der Waals surface area contributed by atoms with E-state index in [9.17, 15) is 9.90 Å². The van der Waals surface area contributed by atoms with Crippen molar-refractivity contribution in [2.24, 2.45) is 0 Å². The summed E-state index contributed by atoms with van der Waals surface area (Å²) in [6.07, 6.45) is 9.66. The number of rotatable bonds is 4. The number of unbranched alkanes of at least 4 members (excludes halogenated alkanes) is 1. The molecule has 0 spiro atoms. The Labute approximate surface area is 91.5 Å². The van der Waals surface area contributed by atoms with Gasteiger partial charge >= 0.3 is 5.97 Å². The summed E-state index contributed by atoms with van der Waals surface area (Å²) in [4.78, 5) is 13.3. The van der Waals surface area contributed by atoms with Crippen molar-refractivity contribution in [2.45, 2.75) is 44.6 Å². The van der Waals surface area contributed by atoms with Gasteiger partial charge in [-0.15, -0.1) is 12.3 Å². The zero-order valence-corrected chi connectivity index (χ0v) is 9.33. The lowest BCUT2D eigenvalue weighted by Crippen LogP contribution is -2.55. The molecule has 0 amide bonds. The smallest absolute Gasteiger partial charge is 0.323 e. The van der Waals surface area contributed by atoms with Gasteiger partial charge in [0.25, 0.3) is 0 Å². The number of aliphatic carboxylic acids is 1. The number of nitrogens with zero attached hydrogens (tertiary/aromatic N) is 1. The number of hydrogen-bond acceptors (Lipinski definition) is 2. The van der Waals surface area contributed by atoms with Gasteiger partial charge < -0.3 is 5.11 Å². The number of likely N-dealkylation sites (tertiary alicyclic amines) is 1. The van der Waals surface area contributed by atoms with Gasteiger partial charge in [0.2, 0.25) is 0 Å². The molecule has 1 aliphatic heterocycles. The molecule has 1 heterocycles. The van der Waals surface area contributed by atoms with Crippen molar-refractivity contribution in [1.29, 1.82) is 0 Å². The van der Waals surface area contributed by atoms with Crippen molar-refractivity contribution < 1.29 is 9.90 Å². The van der Waals surface area contributed by atoms with E-state index in [1.165, 1.54) is 0 Å². The summed E-state index contributed by atoms with van der Waals surface area (Å²) in [6.45, 7) is 3.50. The highest BCUT2D eigenvalue weighted by atomic mass is 16.4. The Morgan fingerprint density at radius 1 is 1.60 bits per heavy atom. The van der Waals surface area contributed by atoms with E-state index in [4.69, 9.17) is 6.42 Å². The van der Waals surface area contributed by atoms with Gasteiger partial charge in [-0.05, 0) is 39.2 Å². The monoisotopic (exact) mass is 209 g/mol. The van der Waals surface area contributed by atoms with Crippen LogP contribution in [0.4, 0.5) is 0 Å². The third kappa shape index (κ3) is 2.73. The average Bonchev–Trinajstić information content (AvgIpc) is 2.21. The van der Waals surface area contributed by atoms with Crippen molar-refractivity contribution in [3.05, 3.63) is 0 Å². The molecule has 0 bridgehead atoms. The predicted molar refractivity (Wildman–Crippen MR) is 59.5 cm³/mol. The first kappa shape index (κ1) is 12.1. The van der Waals surface area contributed by atoms with E-state index < -0.39 is 11.5 Å². The van der Waals surface area contributed by atoms with Crippen LogP contribution in [0.25, 0.3) is 0 Å². The first-order valence-corrected chi connectivity index (χ1v) is 5.53. The molecule has 1 N–H and O–H groups in total. The number of carbonyl (C=O) groups is 1. The third-order valence-electron chi connectivity index (χ3n) is 3.25. The van der Waals surface area contributed by atoms with Gasteiger partial charge in [-0.3, -0.25) is 9.69 Å². The summed E-state index contributed by atoms with van der Waals surface area (Å²) in [5.41, 5.74) is -0.674. The van der Waals surface area contributed by atoms with Crippen molar-refractivity contribution in [3.8, 4) is 12.3 Å². The molecule has 3 nitrogen and oxygen atoms in total. The topological polar surface area (TPSA) is 40.5 Å². The van der Waals surface area contributed by atoms with E-state index in [2.05, 4.69) is 10.8 Å². The second kappa shape index (κ2) is 5.18. The van der Waals surface area contributed by atoms with E-state index >= 15 is 0 Å². The van der Waals surface area contributed by atoms with Crippen molar-refractivity contribution >= 4 is 5.97 Å². The highest BCUT2D eigenvalue weighted by Gasteiger charge is 2.40. The van der Waals surface area contributed by atoms with Crippen LogP contribution in [0.2, 0.25) is 0 Å². The van der Waals surface area contributed by atoms with Gasteiger partial charge in [-0.25, -0.2) is 0 Å². The molecule has 0 aromatic carbocycles. The molecule has 0 aromatic heterocycles. The molecule has 1 rings (SSSR count). The summed E-state index contributed by atoms with van der Waals surface area (Å²) in [7, 11) is 0. The first-order chi connectivity index (χ1) is 7.11. The maximum Gasteiger partial charge on any atom is 0.323 e. The maximum absolute atomic E-state index is 11.2. The summed E-state index contributed by atoms with van der Waals surface area (Å²) in [6, 6.07) is 0. The van der Waals surface area contributed by atoms with Crippen LogP contribution < -0.4 is 0 Å². The number of carboxylic acids is 1. The summed E-state index contributed by atoms with van der Waals surface area (Å²) in [5, 5.41) is 9.24. The minimum atomic E-state index is -0.706. The van der Waals surface area contributed by atoms with Gasteiger partial charge in [0.15, 0.2) is 0 Å². The Hall–Kier alpha value is -1.01. The molecule has 0 aliphatic carbocycles. The largest absolute Gasteiger partial charge is 0.480 e. The quantitative estimate of drug-likeness (QED) is 0.566. The molecular formula is C12H19NO2. The van der Waals surface area contributed by atoms with Crippen LogP contribution in [0.1, 0.15) is 39.0 Å². The average molecular weight is 209 g/mol. The number of terminal acetylenes is 1. The van der Waals surface area contributed by atoms with E-state index in [0.717, 1.165) is 45.2 Å². The molecule has 1 atom stereocenters. The molecule has 3 heteroatoms. The van der Waals surface area contributed by atoms with Gasteiger partial charge in [-0.1, -0.05) is 0 Å². The summed E-state index contributed by atoms with van der Waals surface area (Å²) >= 11 is 0. The Balaban J connectivity index is 2.58. The van der Waals surface area contributed by atoms with Crippen LogP contribution in [0.5, 0.6) is 0 Å². The molecular weight excluding hydrogens is 190 g/mol. The lowest BCUT2D eigenvalue weighted by atomic mass is 9.88. The zero-order chi connectivity index (χ0) is 11.3. The van der Waals surface area contributed by atoms with Crippen LogP contribution in [0, 0.1) is 12.3 Å². The molecule has 1 aliphatic rings. The van der Waals surface area contributed by atoms with Crippen LogP contribution in [-0.4, -0.2) is 34.6 Å². The molecule has 0 aromatic rings. The minimum absolute atomic E-state index is 0.674. The second-order valence-corrected chi connectivity index (χ2v) is 4.33. The maximum atomic E-state index is 11.2. The van der Waals surface area contributed by atoms with E-state index in [-0.39, 0.29) is 0 Å². The van der Waals surface area contributed by atoms with Crippen LogP contribution in [0.3, 0.4) is 0 Å². The SMILES string of the molecule is C#CCCCN1CCCCC1(C)C(=O)O. The van der Waals surface area contributed by atoms with Crippen molar-refractivity contribution in [3.63, 3.8) is 0 Å². The Morgan fingerprint density at radius 2 is 2.33 bits per heavy atom. The molecule has 84 valence electrons. The Bertz CT molecular complexity index is 269. The standard InChI is InChI=1S/C12H19NO2/c1-3-4-6-9-13-10-7-5-8-12(13,2)11(14)15/h1H,4-10H2,2H3,(H,14,15). The fourth-order valence-electron chi connectivity index (χ4n) is 2.15. The van der Waals surface area contributed by atoms with Gasteiger partial charge in [0, 0.05) is 13.0 Å². The highest BCUT2D eigenvalue weighted by Crippen LogP contribution is 2.28. The van der Waals surface area contributed by atoms with Crippen LogP contribution >= 0.6 is 0 Å².